The van der Waals surface area contributed by atoms with Gasteiger partial charge in [0, 0.05) is 13.1 Å². The molecule has 0 radical (unpaired) electrons. The quantitative estimate of drug-likeness (QED) is 0.885. The molecular formula is C17H20N2O4S2. The van der Waals surface area contributed by atoms with E-state index in [9.17, 15) is 13.2 Å². The molecule has 3 rings (SSSR count). The standard InChI is InChI=1S/C17H20N2O4S2/c1-12-10-19(11-13(2)23-12)17(20)14-6-3-4-7-15(14)18-25(21,22)16-8-5-9-24-16/h3-9,12-13,18H,10-11H2,1-2H3/t12-,13-/m0/s1. The number of carbonyl (C=O) groups excluding carboxylic acids is 1. The van der Waals surface area contributed by atoms with Crippen LogP contribution < -0.4 is 4.72 Å². The average Bonchev–Trinajstić information content (AvgIpc) is 3.09. The van der Waals surface area contributed by atoms with Crippen LogP contribution in [0, 0.1) is 0 Å². The van der Waals surface area contributed by atoms with Crippen LogP contribution in [-0.4, -0.2) is 44.5 Å². The summed E-state index contributed by atoms with van der Waals surface area (Å²) in [5.74, 6) is -0.202. The zero-order valence-electron chi connectivity index (χ0n) is 14.0. The van der Waals surface area contributed by atoms with Crippen LogP contribution >= 0.6 is 11.3 Å². The highest BCUT2D eigenvalue weighted by Gasteiger charge is 2.28. The molecule has 1 aliphatic rings. The van der Waals surface area contributed by atoms with Crippen LogP contribution in [0.4, 0.5) is 5.69 Å². The van der Waals surface area contributed by atoms with Crippen molar-refractivity contribution in [1.29, 1.82) is 0 Å². The minimum absolute atomic E-state index is 0.0531. The third kappa shape index (κ3) is 4.02. The zero-order valence-corrected chi connectivity index (χ0v) is 15.6. The largest absolute Gasteiger partial charge is 0.372 e. The topological polar surface area (TPSA) is 75.7 Å². The van der Waals surface area contributed by atoms with Crippen molar-refractivity contribution in [3.05, 3.63) is 47.3 Å². The van der Waals surface area contributed by atoms with E-state index in [1.165, 1.54) is 6.07 Å². The number of morpholine rings is 1. The molecule has 1 fully saturated rings. The van der Waals surface area contributed by atoms with Gasteiger partial charge in [-0.05, 0) is 37.4 Å². The van der Waals surface area contributed by atoms with Crippen molar-refractivity contribution in [3.63, 3.8) is 0 Å². The number of hydrogen-bond acceptors (Lipinski definition) is 5. The maximum absolute atomic E-state index is 12.9. The van der Waals surface area contributed by atoms with E-state index in [1.807, 2.05) is 13.8 Å². The van der Waals surface area contributed by atoms with Gasteiger partial charge in [-0.15, -0.1) is 11.3 Å². The number of sulfonamides is 1. The van der Waals surface area contributed by atoms with Crippen molar-refractivity contribution < 1.29 is 17.9 Å². The summed E-state index contributed by atoms with van der Waals surface area (Å²) in [6.07, 6.45) is -0.106. The predicted octanol–water partition coefficient (Wildman–Crippen LogP) is 2.80. The summed E-state index contributed by atoms with van der Waals surface area (Å²) in [6.45, 7) is 4.80. The molecule has 25 heavy (non-hydrogen) atoms. The minimum atomic E-state index is -3.71. The molecule has 0 saturated carbocycles. The number of ether oxygens (including phenoxy) is 1. The summed E-state index contributed by atoms with van der Waals surface area (Å²) in [5.41, 5.74) is 0.622. The lowest BCUT2D eigenvalue weighted by Crippen LogP contribution is -2.48. The molecule has 0 unspecified atom stereocenters. The molecule has 8 heteroatoms. The number of benzene rings is 1. The molecule has 2 heterocycles. The molecule has 6 nitrogen and oxygen atoms in total. The molecule has 0 aliphatic carbocycles. The Kier molecular flexibility index (Phi) is 5.12. The number of amides is 1. The number of anilines is 1. The second-order valence-electron chi connectivity index (χ2n) is 6.05. The van der Waals surface area contributed by atoms with Crippen LogP contribution in [0.3, 0.4) is 0 Å². The van der Waals surface area contributed by atoms with Gasteiger partial charge in [0.2, 0.25) is 0 Å². The van der Waals surface area contributed by atoms with E-state index in [4.69, 9.17) is 4.74 Å². The first-order valence-electron chi connectivity index (χ1n) is 7.97. The van der Waals surface area contributed by atoms with Crippen molar-refractivity contribution in [3.8, 4) is 0 Å². The van der Waals surface area contributed by atoms with Crippen LogP contribution in [-0.2, 0) is 14.8 Å². The first-order chi connectivity index (χ1) is 11.9. The van der Waals surface area contributed by atoms with Gasteiger partial charge in [0.15, 0.2) is 0 Å². The van der Waals surface area contributed by atoms with Crippen molar-refractivity contribution in [2.75, 3.05) is 17.8 Å². The summed E-state index contributed by atoms with van der Waals surface area (Å²) in [5, 5.41) is 1.70. The SMILES string of the molecule is C[C@H]1CN(C(=O)c2ccccc2NS(=O)(=O)c2cccs2)C[C@H](C)O1. The van der Waals surface area contributed by atoms with Gasteiger partial charge >= 0.3 is 0 Å². The second-order valence-corrected chi connectivity index (χ2v) is 8.91. The molecule has 1 amide bonds. The number of para-hydroxylation sites is 1. The van der Waals surface area contributed by atoms with E-state index in [0.717, 1.165) is 11.3 Å². The Hall–Kier alpha value is -1.90. The maximum atomic E-state index is 12.9. The van der Waals surface area contributed by atoms with Crippen molar-refractivity contribution in [2.24, 2.45) is 0 Å². The summed E-state index contributed by atoms with van der Waals surface area (Å²) >= 11 is 1.13. The van der Waals surface area contributed by atoms with E-state index in [2.05, 4.69) is 4.72 Å². The van der Waals surface area contributed by atoms with Crippen LogP contribution in [0.1, 0.15) is 24.2 Å². The van der Waals surface area contributed by atoms with Gasteiger partial charge in [0.05, 0.1) is 23.5 Å². The fourth-order valence-corrected chi connectivity index (χ4v) is 4.96. The Morgan fingerprint density at radius 2 is 1.84 bits per heavy atom. The van der Waals surface area contributed by atoms with E-state index in [-0.39, 0.29) is 28.0 Å². The first kappa shape index (κ1) is 17.9. The fraction of sp³-hybridized carbons (Fsp3) is 0.353. The summed E-state index contributed by atoms with van der Waals surface area (Å²) in [7, 11) is -3.71. The molecule has 2 aromatic rings. The van der Waals surface area contributed by atoms with Gasteiger partial charge in [-0.25, -0.2) is 8.42 Å². The number of nitrogens with zero attached hydrogens (tertiary/aromatic N) is 1. The normalized spacial score (nSPS) is 21.1. The van der Waals surface area contributed by atoms with Crippen LogP contribution in [0.2, 0.25) is 0 Å². The fourth-order valence-electron chi connectivity index (χ4n) is 2.88. The maximum Gasteiger partial charge on any atom is 0.271 e. The van der Waals surface area contributed by atoms with Gasteiger partial charge in [-0.1, -0.05) is 18.2 Å². The van der Waals surface area contributed by atoms with Crippen LogP contribution in [0.5, 0.6) is 0 Å². The minimum Gasteiger partial charge on any atom is -0.372 e. The molecule has 0 spiro atoms. The first-order valence-corrected chi connectivity index (χ1v) is 10.3. The van der Waals surface area contributed by atoms with Gasteiger partial charge < -0.3 is 9.64 Å². The van der Waals surface area contributed by atoms with Gasteiger partial charge in [-0.2, -0.15) is 0 Å². The number of thiophene rings is 1. The Morgan fingerprint density at radius 1 is 1.16 bits per heavy atom. The summed E-state index contributed by atoms with van der Waals surface area (Å²) in [4.78, 5) is 14.6. The highest BCUT2D eigenvalue weighted by molar-refractivity contribution is 7.94. The lowest BCUT2D eigenvalue weighted by molar-refractivity contribution is -0.0585. The molecule has 1 aromatic heterocycles. The average molecular weight is 380 g/mol. The van der Waals surface area contributed by atoms with Crippen molar-refractivity contribution in [1.82, 2.24) is 4.90 Å². The Balaban J connectivity index is 1.87. The lowest BCUT2D eigenvalue weighted by Gasteiger charge is -2.35. The third-order valence-corrected chi connectivity index (χ3v) is 6.63. The van der Waals surface area contributed by atoms with Crippen LogP contribution in [0.25, 0.3) is 0 Å². The Labute approximate surface area is 151 Å². The molecule has 2 atom stereocenters. The number of nitrogens with one attached hydrogen (secondary N) is 1. The molecule has 0 bridgehead atoms. The molecule has 1 aromatic carbocycles. The smallest absolute Gasteiger partial charge is 0.271 e. The summed E-state index contributed by atoms with van der Waals surface area (Å²) in [6, 6.07) is 9.87. The van der Waals surface area contributed by atoms with Crippen LogP contribution in [0.15, 0.2) is 46.0 Å². The van der Waals surface area contributed by atoms with E-state index in [1.54, 1.807) is 40.6 Å². The molecule has 1 N–H and O–H groups in total. The second kappa shape index (κ2) is 7.15. The molecule has 1 aliphatic heterocycles. The molecule has 1 saturated heterocycles. The third-order valence-electron chi connectivity index (χ3n) is 3.87. The highest BCUT2D eigenvalue weighted by Crippen LogP contribution is 2.24. The number of hydrogen-bond donors (Lipinski definition) is 1. The Bertz CT molecular complexity index is 839. The van der Waals surface area contributed by atoms with Crippen molar-refractivity contribution in [2.45, 2.75) is 30.3 Å². The van der Waals surface area contributed by atoms with E-state index >= 15 is 0 Å². The lowest BCUT2D eigenvalue weighted by atomic mass is 10.1. The van der Waals surface area contributed by atoms with Gasteiger partial charge in [0.25, 0.3) is 15.9 Å². The van der Waals surface area contributed by atoms with Crippen molar-refractivity contribution >= 4 is 33.0 Å². The monoisotopic (exact) mass is 380 g/mol. The summed E-state index contributed by atoms with van der Waals surface area (Å²) < 4.78 is 33.3. The zero-order chi connectivity index (χ0) is 18.0. The number of carbonyl (C=O) groups is 1. The van der Waals surface area contributed by atoms with Gasteiger partial charge in [-0.3, -0.25) is 9.52 Å². The molecular weight excluding hydrogens is 360 g/mol. The van der Waals surface area contributed by atoms with E-state index < -0.39 is 10.0 Å². The Morgan fingerprint density at radius 3 is 2.48 bits per heavy atom. The van der Waals surface area contributed by atoms with Gasteiger partial charge in [0.1, 0.15) is 4.21 Å². The highest BCUT2D eigenvalue weighted by atomic mass is 32.2. The predicted molar refractivity (Wildman–Crippen MR) is 97.5 cm³/mol. The number of rotatable bonds is 4. The van der Waals surface area contributed by atoms with E-state index in [0.29, 0.717) is 18.7 Å². The molecule has 134 valence electrons.